The molecule has 3 aromatic rings. The molecule has 35 heavy (non-hydrogen) atoms. The number of nitrogens with zero attached hydrogens (tertiary/aromatic N) is 5. The summed E-state index contributed by atoms with van der Waals surface area (Å²) in [5, 5.41) is 7.74. The molecular formula is C26H33FN6O2. The Morgan fingerprint density at radius 2 is 2.00 bits per heavy atom. The number of carbonyl (C=O) groups is 1. The number of ketones is 1. The minimum absolute atomic E-state index is 0.0437. The Balaban J connectivity index is 1.37. The lowest BCUT2D eigenvalue weighted by molar-refractivity contribution is 0.0987. The van der Waals surface area contributed by atoms with Crippen LogP contribution in [0.15, 0.2) is 36.9 Å². The molecule has 4 rings (SSSR count). The van der Waals surface area contributed by atoms with Gasteiger partial charge in [-0.3, -0.25) is 9.48 Å². The predicted molar refractivity (Wildman–Crippen MR) is 133 cm³/mol. The molecule has 1 aliphatic rings. The Bertz CT molecular complexity index is 1150. The number of Topliss-reactive ketones (excluding diaryl/α,β-unsaturated/α-hetero) is 1. The molecule has 9 heteroatoms. The molecule has 0 unspecified atom stereocenters. The van der Waals surface area contributed by atoms with Crippen LogP contribution in [0.1, 0.15) is 60.6 Å². The predicted octanol–water partition coefficient (Wildman–Crippen LogP) is 4.60. The smallest absolute Gasteiger partial charge is 0.227 e. The molecule has 2 aromatic heterocycles. The second kappa shape index (κ2) is 11.4. The molecule has 0 radical (unpaired) electrons. The fourth-order valence-corrected chi connectivity index (χ4v) is 4.44. The van der Waals surface area contributed by atoms with Crippen molar-refractivity contribution in [2.45, 2.75) is 52.0 Å². The highest BCUT2D eigenvalue weighted by Gasteiger charge is 2.21. The summed E-state index contributed by atoms with van der Waals surface area (Å²) in [6.45, 7) is 7.21. The van der Waals surface area contributed by atoms with Crippen LogP contribution in [0.5, 0.6) is 5.75 Å². The minimum atomic E-state index is -0.434. The lowest BCUT2D eigenvalue weighted by Crippen LogP contribution is -2.36. The van der Waals surface area contributed by atoms with Gasteiger partial charge in [-0.15, -0.1) is 0 Å². The number of methoxy groups -OCH3 is 1. The van der Waals surface area contributed by atoms with Crippen molar-refractivity contribution < 1.29 is 13.9 Å². The molecule has 0 spiro atoms. The average Bonchev–Trinajstić information content (AvgIpc) is 3.37. The standard InChI is InChI=1S/C26H33FN6O2/c1-4-23(34)20-11-19(25(27)24(12-20)35-3)9-8-18-13-28-26(29-14-18)31-21-15-30-33(16-21)22-7-6-10-32(5-2)17-22/h11-16,22H,4-10,17H2,1-3H3,(H,28,29,31)/t22-/m0/s1. The summed E-state index contributed by atoms with van der Waals surface area (Å²) in [5.41, 5.74) is 2.63. The molecule has 0 saturated carbocycles. The van der Waals surface area contributed by atoms with Gasteiger partial charge in [0.1, 0.15) is 0 Å². The van der Waals surface area contributed by atoms with E-state index in [-0.39, 0.29) is 11.5 Å². The minimum Gasteiger partial charge on any atom is -0.494 e. The van der Waals surface area contributed by atoms with Gasteiger partial charge in [-0.2, -0.15) is 5.10 Å². The summed E-state index contributed by atoms with van der Waals surface area (Å²) in [5.74, 6) is 0.0935. The van der Waals surface area contributed by atoms with Crippen molar-refractivity contribution in [3.05, 3.63) is 59.4 Å². The van der Waals surface area contributed by atoms with Gasteiger partial charge >= 0.3 is 0 Å². The molecule has 0 bridgehead atoms. The van der Waals surface area contributed by atoms with Crippen molar-refractivity contribution in [3.63, 3.8) is 0 Å². The molecule has 1 aromatic carbocycles. The molecule has 1 N–H and O–H groups in total. The number of likely N-dealkylation sites (N-methyl/N-ethyl adjacent to an activating group) is 1. The molecule has 8 nitrogen and oxygen atoms in total. The second-order valence-electron chi connectivity index (χ2n) is 8.87. The summed E-state index contributed by atoms with van der Waals surface area (Å²) >= 11 is 0. The lowest BCUT2D eigenvalue weighted by Gasteiger charge is -2.31. The van der Waals surface area contributed by atoms with Crippen LogP contribution in [0.25, 0.3) is 0 Å². The van der Waals surface area contributed by atoms with E-state index in [1.54, 1.807) is 31.6 Å². The SMILES string of the molecule is CCC(=O)c1cc(CCc2cnc(Nc3cnn([C@H]4CCCN(CC)C4)c3)nc2)c(F)c(OC)c1. The quantitative estimate of drug-likeness (QED) is 0.425. The summed E-state index contributed by atoms with van der Waals surface area (Å²) in [4.78, 5) is 23.4. The van der Waals surface area contributed by atoms with E-state index in [9.17, 15) is 9.18 Å². The number of hydrogen-bond acceptors (Lipinski definition) is 7. The van der Waals surface area contributed by atoms with Gasteiger partial charge in [-0.05, 0) is 62.0 Å². The molecule has 1 atom stereocenters. The maximum atomic E-state index is 14.7. The number of carbonyl (C=O) groups excluding carboxylic acids is 1. The number of rotatable bonds is 10. The Morgan fingerprint density at radius 3 is 2.71 bits per heavy atom. The van der Waals surface area contributed by atoms with E-state index in [2.05, 4.69) is 32.2 Å². The third kappa shape index (κ3) is 6.03. The van der Waals surface area contributed by atoms with Crippen LogP contribution in [0.4, 0.5) is 16.0 Å². The third-order valence-corrected chi connectivity index (χ3v) is 6.53. The number of anilines is 2. The highest BCUT2D eigenvalue weighted by atomic mass is 19.1. The zero-order valence-corrected chi connectivity index (χ0v) is 20.6. The topological polar surface area (TPSA) is 85.2 Å². The first kappa shape index (κ1) is 24.8. The Kier molecular flexibility index (Phi) is 8.07. The molecule has 1 fully saturated rings. The summed E-state index contributed by atoms with van der Waals surface area (Å²) in [6, 6.07) is 3.46. The Hall–Kier alpha value is -3.33. The monoisotopic (exact) mass is 480 g/mol. The van der Waals surface area contributed by atoms with Gasteiger partial charge in [0, 0.05) is 37.1 Å². The molecule has 0 aliphatic carbocycles. The maximum absolute atomic E-state index is 14.7. The van der Waals surface area contributed by atoms with Gasteiger partial charge in [0.25, 0.3) is 0 Å². The number of ether oxygens (including phenoxy) is 1. The zero-order chi connectivity index (χ0) is 24.8. The van der Waals surface area contributed by atoms with E-state index in [0.717, 1.165) is 37.3 Å². The highest BCUT2D eigenvalue weighted by Crippen LogP contribution is 2.26. The van der Waals surface area contributed by atoms with E-state index in [1.165, 1.54) is 19.6 Å². The molecule has 1 saturated heterocycles. The van der Waals surface area contributed by atoms with Gasteiger partial charge < -0.3 is 15.0 Å². The fraction of sp³-hybridized carbons (Fsp3) is 0.462. The molecular weight excluding hydrogens is 447 g/mol. The first-order valence-corrected chi connectivity index (χ1v) is 12.2. The molecule has 3 heterocycles. The number of halogens is 1. The van der Waals surface area contributed by atoms with Gasteiger partial charge in [0.2, 0.25) is 5.95 Å². The van der Waals surface area contributed by atoms with Crippen molar-refractivity contribution in [2.75, 3.05) is 32.1 Å². The van der Waals surface area contributed by atoms with Crippen molar-refractivity contribution >= 4 is 17.4 Å². The van der Waals surface area contributed by atoms with Crippen molar-refractivity contribution in [3.8, 4) is 5.75 Å². The van der Waals surface area contributed by atoms with Crippen molar-refractivity contribution in [1.29, 1.82) is 0 Å². The number of hydrogen-bond donors (Lipinski definition) is 1. The number of nitrogens with one attached hydrogen (secondary N) is 1. The van der Waals surface area contributed by atoms with E-state index in [4.69, 9.17) is 4.74 Å². The molecule has 1 aliphatic heterocycles. The maximum Gasteiger partial charge on any atom is 0.227 e. The molecule has 186 valence electrons. The fourth-order valence-electron chi connectivity index (χ4n) is 4.44. The van der Waals surface area contributed by atoms with E-state index >= 15 is 0 Å². The van der Waals surface area contributed by atoms with Gasteiger partial charge in [0.15, 0.2) is 17.3 Å². The summed E-state index contributed by atoms with van der Waals surface area (Å²) in [7, 11) is 1.40. The number of likely N-dealkylation sites (tertiary alicyclic amines) is 1. The first-order chi connectivity index (χ1) is 17.0. The van der Waals surface area contributed by atoms with E-state index in [0.29, 0.717) is 42.4 Å². The van der Waals surface area contributed by atoms with Crippen LogP contribution in [-0.2, 0) is 12.8 Å². The Morgan fingerprint density at radius 1 is 1.20 bits per heavy atom. The third-order valence-electron chi connectivity index (χ3n) is 6.53. The van der Waals surface area contributed by atoms with Crippen molar-refractivity contribution in [2.24, 2.45) is 0 Å². The summed E-state index contributed by atoms with van der Waals surface area (Å²) in [6.07, 6.45) is 10.9. The summed E-state index contributed by atoms with van der Waals surface area (Å²) < 4.78 is 21.9. The number of aromatic nitrogens is 4. The highest BCUT2D eigenvalue weighted by molar-refractivity contribution is 5.96. The van der Waals surface area contributed by atoms with Crippen LogP contribution >= 0.6 is 0 Å². The van der Waals surface area contributed by atoms with Crippen LogP contribution in [0.3, 0.4) is 0 Å². The van der Waals surface area contributed by atoms with Crippen LogP contribution in [-0.4, -0.2) is 57.2 Å². The number of benzene rings is 1. The van der Waals surface area contributed by atoms with E-state index in [1.807, 2.05) is 10.9 Å². The molecule has 0 amide bonds. The largest absolute Gasteiger partial charge is 0.494 e. The first-order valence-electron chi connectivity index (χ1n) is 12.2. The zero-order valence-electron chi connectivity index (χ0n) is 20.6. The van der Waals surface area contributed by atoms with Gasteiger partial charge in [-0.1, -0.05) is 13.8 Å². The Labute approximate surface area is 205 Å². The van der Waals surface area contributed by atoms with Crippen molar-refractivity contribution in [1.82, 2.24) is 24.6 Å². The average molecular weight is 481 g/mol. The second-order valence-corrected chi connectivity index (χ2v) is 8.87. The van der Waals surface area contributed by atoms with E-state index < -0.39 is 5.82 Å². The number of aryl methyl sites for hydroxylation is 2. The normalized spacial score (nSPS) is 16.3. The van der Waals surface area contributed by atoms with Gasteiger partial charge in [-0.25, -0.2) is 14.4 Å². The number of piperidine rings is 1. The van der Waals surface area contributed by atoms with Crippen LogP contribution < -0.4 is 10.1 Å². The van der Waals surface area contributed by atoms with Gasteiger partial charge in [0.05, 0.1) is 25.0 Å². The van der Waals surface area contributed by atoms with Crippen LogP contribution in [0, 0.1) is 5.82 Å². The lowest BCUT2D eigenvalue weighted by atomic mass is 10.00. The van der Waals surface area contributed by atoms with Crippen LogP contribution in [0.2, 0.25) is 0 Å².